The Morgan fingerprint density at radius 3 is 2.25 bits per heavy atom. The van der Waals surface area contributed by atoms with Gasteiger partial charge in [-0.3, -0.25) is 0 Å². The average Bonchev–Trinajstić information content (AvgIpc) is 2.29. The number of rotatable bonds is 3. The molecule has 1 saturated carbocycles. The normalized spacial score (nSPS) is 18.8. The molecule has 0 bridgehead atoms. The molecule has 1 aromatic rings. The molecule has 0 heterocycles. The van der Waals surface area contributed by atoms with E-state index >= 15 is 0 Å². The predicted octanol–water partition coefficient (Wildman–Crippen LogP) is 3.74. The van der Waals surface area contributed by atoms with E-state index in [1.807, 2.05) is 6.07 Å². The minimum absolute atomic E-state index is 0. The smallest absolute Gasteiger partial charge is 0.0651 e. The number of aliphatic hydroxyl groups is 1. The summed E-state index contributed by atoms with van der Waals surface area (Å²) in [6.45, 7) is 0. The van der Waals surface area contributed by atoms with Crippen molar-refractivity contribution in [3.63, 3.8) is 0 Å². The standard InChI is InChI=1S/C14H20O.ClH/c15-14(10-5-2-6-11-14)12-9-13-7-3-1-4-8-13;/h1,3-4,7-8,15H,2,5-6,9-12H2;1H. The van der Waals surface area contributed by atoms with E-state index in [9.17, 15) is 5.11 Å². The Balaban J connectivity index is 0.00000128. The lowest BCUT2D eigenvalue weighted by Gasteiger charge is -2.32. The summed E-state index contributed by atoms with van der Waals surface area (Å²) in [6, 6.07) is 10.5. The van der Waals surface area contributed by atoms with E-state index in [1.165, 1.54) is 24.8 Å². The van der Waals surface area contributed by atoms with Crippen LogP contribution in [0, 0.1) is 0 Å². The van der Waals surface area contributed by atoms with Crippen LogP contribution in [-0.4, -0.2) is 10.7 Å². The van der Waals surface area contributed by atoms with Gasteiger partial charge in [-0.25, -0.2) is 0 Å². The molecule has 0 spiro atoms. The Bertz CT molecular complexity index is 291. The Morgan fingerprint density at radius 2 is 1.62 bits per heavy atom. The first-order chi connectivity index (χ1) is 7.29. The van der Waals surface area contributed by atoms with Crippen LogP contribution in [0.15, 0.2) is 30.3 Å². The third-order valence-electron chi connectivity index (χ3n) is 3.51. The summed E-state index contributed by atoms with van der Waals surface area (Å²) in [6.07, 6.45) is 7.64. The van der Waals surface area contributed by atoms with Gasteiger partial charge in [-0.2, -0.15) is 0 Å². The van der Waals surface area contributed by atoms with E-state index in [2.05, 4.69) is 24.3 Å². The summed E-state index contributed by atoms with van der Waals surface area (Å²) in [5.41, 5.74) is 0.977. The monoisotopic (exact) mass is 240 g/mol. The Kier molecular flexibility index (Phi) is 5.30. The molecule has 0 atom stereocenters. The van der Waals surface area contributed by atoms with Gasteiger partial charge in [-0.1, -0.05) is 49.6 Å². The molecular formula is C14H21ClO. The average molecular weight is 241 g/mol. The van der Waals surface area contributed by atoms with Crippen molar-refractivity contribution >= 4 is 12.4 Å². The topological polar surface area (TPSA) is 20.2 Å². The van der Waals surface area contributed by atoms with Gasteiger partial charge in [0.25, 0.3) is 0 Å². The molecule has 1 fully saturated rings. The zero-order valence-corrected chi connectivity index (χ0v) is 10.5. The van der Waals surface area contributed by atoms with E-state index < -0.39 is 0 Å². The summed E-state index contributed by atoms with van der Waals surface area (Å²) < 4.78 is 0. The maximum absolute atomic E-state index is 10.3. The molecular weight excluding hydrogens is 220 g/mol. The molecule has 1 aliphatic rings. The lowest BCUT2D eigenvalue weighted by Crippen LogP contribution is -2.31. The number of benzene rings is 1. The van der Waals surface area contributed by atoms with Crippen LogP contribution in [-0.2, 0) is 6.42 Å². The molecule has 1 aromatic carbocycles. The van der Waals surface area contributed by atoms with Crippen LogP contribution >= 0.6 is 12.4 Å². The zero-order valence-electron chi connectivity index (χ0n) is 9.69. The fourth-order valence-electron chi connectivity index (χ4n) is 2.48. The Hall–Kier alpha value is -0.530. The molecule has 2 rings (SSSR count). The largest absolute Gasteiger partial charge is 0.390 e. The molecule has 1 N–H and O–H groups in total. The highest BCUT2D eigenvalue weighted by atomic mass is 35.5. The van der Waals surface area contributed by atoms with Crippen LogP contribution in [0.3, 0.4) is 0 Å². The van der Waals surface area contributed by atoms with Crippen LogP contribution in [0.5, 0.6) is 0 Å². The molecule has 0 radical (unpaired) electrons. The second-order valence-corrected chi connectivity index (χ2v) is 4.77. The highest BCUT2D eigenvalue weighted by Gasteiger charge is 2.28. The fourth-order valence-corrected chi connectivity index (χ4v) is 2.48. The van der Waals surface area contributed by atoms with Crippen LogP contribution in [0.2, 0.25) is 0 Å². The van der Waals surface area contributed by atoms with Crippen LogP contribution in [0.4, 0.5) is 0 Å². The maximum Gasteiger partial charge on any atom is 0.0651 e. The first-order valence-electron chi connectivity index (χ1n) is 6.05. The van der Waals surface area contributed by atoms with Gasteiger partial charge in [0, 0.05) is 0 Å². The van der Waals surface area contributed by atoms with Crippen molar-refractivity contribution < 1.29 is 5.11 Å². The third-order valence-corrected chi connectivity index (χ3v) is 3.51. The highest BCUT2D eigenvalue weighted by Crippen LogP contribution is 2.31. The highest BCUT2D eigenvalue weighted by molar-refractivity contribution is 5.85. The van der Waals surface area contributed by atoms with Crippen molar-refractivity contribution in [2.45, 2.75) is 50.5 Å². The molecule has 0 saturated heterocycles. The number of hydrogen-bond donors (Lipinski definition) is 1. The van der Waals surface area contributed by atoms with Crippen LogP contribution in [0.1, 0.15) is 44.1 Å². The van der Waals surface area contributed by atoms with Crippen molar-refractivity contribution in [3.8, 4) is 0 Å². The maximum atomic E-state index is 10.3. The minimum Gasteiger partial charge on any atom is -0.390 e. The van der Waals surface area contributed by atoms with Gasteiger partial charge < -0.3 is 5.11 Å². The first kappa shape index (κ1) is 13.5. The van der Waals surface area contributed by atoms with E-state index in [-0.39, 0.29) is 18.0 Å². The molecule has 1 aliphatic carbocycles. The van der Waals surface area contributed by atoms with Gasteiger partial charge in [0.05, 0.1) is 5.60 Å². The van der Waals surface area contributed by atoms with Crippen molar-refractivity contribution in [1.82, 2.24) is 0 Å². The first-order valence-corrected chi connectivity index (χ1v) is 6.05. The summed E-state index contributed by atoms with van der Waals surface area (Å²) >= 11 is 0. The molecule has 2 heteroatoms. The molecule has 90 valence electrons. The predicted molar refractivity (Wildman–Crippen MR) is 70.0 cm³/mol. The van der Waals surface area contributed by atoms with E-state index in [1.54, 1.807) is 0 Å². The SMILES string of the molecule is Cl.OC1(CCc2ccccc2)CCCCC1. The van der Waals surface area contributed by atoms with Crippen LogP contribution in [0.25, 0.3) is 0 Å². The van der Waals surface area contributed by atoms with Gasteiger partial charge >= 0.3 is 0 Å². The van der Waals surface area contributed by atoms with Crippen LogP contribution < -0.4 is 0 Å². The zero-order chi connectivity index (χ0) is 10.6. The van der Waals surface area contributed by atoms with Gasteiger partial charge in [-0.05, 0) is 31.2 Å². The fraction of sp³-hybridized carbons (Fsp3) is 0.571. The summed E-state index contributed by atoms with van der Waals surface area (Å²) in [7, 11) is 0. The number of halogens is 1. The van der Waals surface area contributed by atoms with Crippen molar-refractivity contribution in [2.24, 2.45) is 0 Å². The van der Waals surface area contributed by atoms with E-state index in [0.29, 0.717) is 0 Å². The summed E-state index contributed by atoms with van der Waals surface area (Å²) in [5, 5.41) is 10.3. The molecule has 16 heavy (non-hydrogen) atoms. The lowest BCUT2D eigenvalue weighted by molar-refractivity contribution is -0.00341. The van der Waals surface area contributed by atoms with E-state index in [0.717, 1.165) is 25.7 Å². The minimum atomic E-state index is -0.367. The molecule has 0 unspecified atom stereocenters. The van der Waals surface area contributed by atoms with Gasteiger partial charge in [0.2, 0.25) is 0 Å². The number of hydrogen-bond acceptors (Lipinski definition) is 1. The molecule has 0 amide bonds. The lowest BCUT2D eigenvalue weighted by atomic mass is 9.81. The van der Waals surface area contributed by atoms with Crippen molar-refractivity contribution in [1.29, 1.82) is 0 Å². The quantitative estimate of drug-likeness (QED) is 0.854. The second-order valence-electron chi connectivity index (χ2n) is 4.77. The Morgan fingerprint density at radius 1 is 1.00 bits per heavy atom. The second kappa shape index (κ2) is 6.27. The molecule has 0 aliphatic heterocycles. The van der Waals surface area contributed by atoms with Gasteiger partial charge in [-0.15, -0.1) is 12.4 Å². The van der Waals surface area contributed by atoms with Crippen molar-refractivity contribution in [2.75, 3.05) is 0 Å². The Labute approximate surface area is 104 Å². The molecule has 1 nitrogen and oxygen atoms in total. The van der Waals surface area contributed by atoms with E-state index in [4.69, 9.17) is 0 Å². The summed E-state index contributed by atoms with van der Waals surface area (Å²) in [4.78, 5) is 0. The number of aryl methyl sites for hydroxylation is 1. The third kappa shape index (κ3) is 3.80. The van der Waals surface area contributed by atoms with Crippen molar-refractivity contribution in [3.05, 3.63) is 35.9 Å². The summed E-state index contributed by atoms with van der Waals surface area (Å²) in [5.74, 6) is 0. The molecule has 0 aromatic heterocycles. The van der Waals surface area contributed by atoms with Gasteiger partial charge in [0.1, 0.15) is 0 Å². The van der Waals surface area contributed by atoms with Gasteiger partial charge in [0.15, 0.2) is 0 Å².